The van der Waals surface area contributed by atoms with Gasteiger partial charge in [0.15, 0.2) is 0 Å². The third-order valence-corrected chi connectivity index (χ3v) is 7.41. The van der Waals surface area contributed by atoms with E-state index >= 15 is 0 Å². The van der Waals surface area contributed by atoms with Gasteiger partial charge < -0.3 is 15.6 Å². The fraction of sp³-hybridized carbons (Fsp3) is 0.600. The van der Waals surface area contributed by atoms with Crippen LogP contribution in [0.15, 0.2) is 21.0 Å². The summed E-state index contributed by atoms with van der Waals surface area (Å²) in [6, 6.07) is 1.69. The second kappa shape index (κ2) is 8.35. The van der Waals surface area contributed by atoms with E-state index in [-0.39, 0.29) is 30.3 Å². The van der Waals surface area contributed by atoms with E-state index in [1.54, 1.807) is 16.3 Å². The van der Waals surface area contributed by atoms with Crippen LogP contribution in [0.3, 0.4) is 0 Å². The van der Waals surface area contributed by atoms with Crippen LogP contribution in [0.2, 0.25) is 0 Å². The summed E-state index contributed by atoms with van der Waals surface area (Å²) in [7, 11) is 0. The molecule has 0 saturated carbocycles. The van der Waals surface area contributed by atoms with Gasteiger partial charge in [-0.05, 0) is 50.2 Å². The second-order valence-corrected chi connectivity index (χ2v) is 9.04. The number of H-pyrrole nitrogens is 1. The first-order valence-corrected chi connectivity index (χ1v) is 11.3. The van der Waals surface area contributed by atoms with Crippen molar-refractivity contribution < 1.29 is 9.59 Å². The molecule has 2 aromatic heterocycles. The lowest BCUT2D eigenvalue weighted by Crippen LogP contribution is -2.63. The number of nitrogens with two attached hydrogens (primary N) is 1. The predicted octanol–water partition coefficient (Wildman–Crippen LogP) is 0.474. The van der Waals surface area contributed by atoms with Crippen LogP contribution in [0.25, 0.3) is 10.2 Å². The second-order valence-electron chi connectivity index (χ2n) is 8.12. The van der Waals surface area contributed by atoms with E-state index in [0.29, 0.717) is 36.1 Å². The number of aromatic nitrogens is 2. The summed E-state index contributed by atoms with van der Waals surface area (Å²) in [5, 5.41) is 1.75. The Labute approximate surface area is 177 Å². The number of primary amides is 1. The van der Waals surface area contributed by atoms with E-state index in [4.69, 9.17) is 5.73 Å². The average Bonchev–Trinajstić information content (AvgIpc) is 3.22. The minimum atomic E-state index is -0.671. The van der Waals surface area contributed by atoms with Crippen LogP contribution < -0.4 is 17.0 Å². The number of carbonyl (C=O) groups excluding carboxylic acids is 2. The van der Waals surface area contributed by atoms with Crippen molar-refractivity contribution >= 4 is 33.4 Å². The quantitative estimate of drug-likeness (QED) is 0.710. The zero-order valence-corrected chi connectivity index (χ0v) is 17.7. The van der Waals surface area contributed by atoms with Crippen LogP contribution in [-0.4, -0.2) is 62.9 Å². The lowest BCUT2D eigenvalue weighted by molar-refractivity contribution is -0.142. The predicted molar refractivity (Wildman–Crippen MR) is 114 cm³/mol. The maximum atomic E-state index is 12.7. The maximum Gasteiger partial charge on any atom is 0.328 e. The van der Waals surface area contributed by atoms with Gasteiger partial charge in [-0.25, -0.2) is 4.79 Å². The summed E-state index contributed by atoms with van der Waals surface area (Å²) >= 11 is 1.27. The molecule has 0 aliphatic carbocycles. The highest BCUT2D eigenvalue weighted by Gasteiger charge is 2.45. The summed E-state index contributed by atoms with van der Waals surface area (Å²) in [4.78, 5) is 56.4. The number of thiophene rings is 1. The topological polar surface area (TPSA) is 122 Å². The Balaban J connectivity index is 1.41. The molecule has 4 heterocycles. The van der Waals surface area contributed by atoms with Gasteiger partial charge >= 0.3 is 5.69 Å². The van der Waals surface area contributed by atoms with Gasteiger partial charge in [-0.2, -0.15) is 0 Å². The van der Waals surface area contributed by atoms with Crippen molar-refractivity contribution in [3.05, 3.63) is 32.3 Å². The lowest BCUT2D eigenvalue weighted by Gasteiger charge is -2.48. The van der Waals surface area contributed by atoms with E-state index in [1.807, 2.05) is 0 Å². The van der Waals surface area contributed by atoms with Crippen LogP contribution in [0.1, 0.15) is 38.5 Å². The molecule has 0 unspecified atom stereocenters. The summed E-state index contributed by atoms with van der Waals surface area (Å²) in [6.45, 7) is 2.67. The van der Waals surface area contributed by atoms with Gasteiger partial charge in [-0.15, -0.1) is 11.3 Å². The molecule has 162 valence electrons. The fourth-order valence-corrected chi connectivity index (χ4v) is 5.50. The monoisotopic (exact) mass is 433 g/mol. The molecule has 4 rings (SSSR count). The molecule has 10 heteroatoms. The van der Waals surface area contributed by atoms with E-state index in [0.717, 1.165) is 30.5 Å². The number of nitrogens with zero attached hydrogens (tertiary/aromatic N) is 3. The third kappa shape index (κ3) is 3.69. The molecule has 0 spiro atoms. The Kier molecular flexibility index (Phi) is 5.79. The molecule has 2 aliphatic heterocycles. The van der Waals surface area contributed by atoms with Crippen LogP contribution >= 0.6 is 11.3 Å². The number of hydrogen-bond acceptors (Lipinski definition) is 6. The van der Waals surface area contributed by atoms with Gasteiger partial charge in [0, 0.05) is 26.1 Å². The van der Waals surface area contributed by atoms with Crippen molar-refractivity contribution in [3.8, 4) is 0 Å². The molecule has 2 fully saturated rings. The summed E-state index contributed by atoms with van der Waals surface area (Å²) in [5.41, 5.74) is 4.78. The van der Waals surface area contributed by atoms with Crippen LogP contribution in [0.4, 0.5) is 0 Å². The highest BCUT2D eigenvalue weighted by atomic mass is 32.1. The zero-order valence-electron chi connectivity index (χ0n) is 16.9. The Hall–Kier alpha value is -2.46. The van der Waals surface area contributed by atoms with Gasteiger partial charge in [0.25, 0.3) is 5.56 Å². The van der Waals surface area contributed by atoms with Gasteiger partial charge in [0.05, 0.1) is 5.52 Å². The number of amides is 2. The number of carbonyl (C=O) groups is 2. The SMILES string of the molecule is NC(=O)C1(N2CCCCC2)CCN(C(=O)CCn2c(=O)[nH]c3ccsc3c2=O)CC1. The average molecular weight is 434 g/mol. The molecule has 30 heavy (non-hydrogen) atoms. The summed E-state index contributed by atoms with van der Waals surface area (Å²) in [6.07, 6.45) is 4.41. The van der Waals surface area contributed by atoms with Gasteiger partial charge in [0.1, 0.15) is 10.2 Å². The minimum Gasteiger partial charge on any atom is -0.368 e. The standard InChI is InChI=1S/C20H27N5O4S/c21-18(28)20(24-8-2-1-3-9-24)6-11-23(12-7-20)15(26)4-10-25-17(27)16-14(5-13-30-16)22-19(25)29/h5,13H,1-4,6-12H2,(H2,21,28)(H,22,29). The van der Waals surface area contributed by atoms with E-state index < -0.39 is 11.2 Å². The number of aromatic amines is 1. The molecular weight excluding hydrogens is 406 g/mol. The highest BCUT2D eigenvalue weighted by molar-refractivity contribution is 7.17. The molecule has 2 aromatic rings. The number of likely N-dealkylation sites (tertiary alicyclic amines) is 2. The van der Waals surface area contributed by atoms with Crippen LogP contribution in [-0.2, 0) is 16.1 Å². The van der Waals surface area contributed by atoms with E-state index in [2.05, 4.69) is 9.88 Å². The zero-order chi connectivity index (χ0) is 21.3. The van der Waals surface area contributed by atoms with Crippen molar-refractivity contribution in [3.63, 3.8) is 0 Å². The van der Waals surface area contributed by atoms with Crippen molar-refractivity contribution in [1.29, 1.82) is 0 Å². The molecule has 2 amide bonds. The fourth-order valence-electron chi connectivity index (χ4n) is 4.71. The van der Waals surface area contributed by atoms with E-state index in [1.165, 1.54) is 17.8 Å². The third-order valence-electron chi connectivity index (χ3n) is 6.50. The number of rotatable bonds is 5. The molecule has 2 aliphatic rings. The normalized spacial score (nSPS) is 19.8. The van der Waals surface area contributed by atoms with Crippen molar-refractivity contribution in [2.24, 2.45) is 5.73 Å². The Bertz CT molecular complexity index is 1060. The van der Waals surface area contributed by atoms with Crippen molar-refractivity contribution in [2.75, 3.05) is 26.2 Å². The maximum absolute atomic E-state index is 12.7. The summed E-state index contributed by atoms with van der Waals surface area (Å²) < 4.78 is 1.56. The van der Waals surface area contributed by atoms with Gasteiger partial charge in [0.2, 0.25) is 11.8 Å². The van der Waals surface area contributed by atoms with Crippen molar-refractivity contribution in [2.45, 2.75) is 50.6 Å². The molecule has 3 N–H and O–H groups in total. The first-order valence-electron chi connectivity index (χ1n) is 10.5. The number of piperidine rings is 2. The van der Waals surface area contributed by atoms with Crippen LogP contribution in [0.5, 0.6) is 0 Å². The largest absolute Gasteiger partial charge is 0.368 e. The molecule has 0 radical (unpaired) electrons. The molecule has 0 bridgehead atoms. The minimum absolute atomic E-state index is 0.0322. The highest BCUT2D eigenvalue weighted by Crippen LogP contribution is 2.31. The van der Waals surface area contributed by atoms with Gasteiger partial charge in [-0.3, -0.25) is 23.9 Å². The Morgan fingerprint density at radius 2 is 1.80 bits per heavy atom. The smallest absolute Gasteiger partial charge is 0.328 e. The van der Waals surface area contributed by atoms with Gasteiger partial charge in [-0.1, -0.05) is 6.42 Å². The first-order chi connectivity index (χ1) is 14.4. The molecule has 2 saturated heterocycles. The lowest BCUT2D eigenvalue weighted by atomic mass is 9.83. The number of fused-ring (bicyclic) bond motifs is 1. The molecule has 9 nitrogen and oxygen atoms in total. The van der Waals surface area contributed by atoms with Crippen molar-refractivity contribution in [1.82, 2.24) is 19.4 Å². The van der Waals surface area contributed by atoms with Crippen LogP contribution in [0, 0.1) is 0 Å². The first kappa shape index (κ1) is 20.8. The number of hydrogen-bond donors (Lipinski definition) is 2. The Morgan fingerprint density at radius 1 is 1.10 bits per heavy atom. The summed E-state index contributed by atoms with van der Waals surface area (Å²) in [5.74, 6) is -0.428. The van der Waals surface area contributed by atoms with E-state index in [9.17, 15) is 19.2 Å². The molecular formula is C20H27N5O4S. The molecule has 0 atom stereocenters. The Morgan fingerprint density at radius 3 is 2.47 bits per heavy atom. The molecule has 0 aromatic carbocycles. The number of nitrogens with one attached hydrogen (secondary N) is 1.